The molecule has 2 heterocycles. The van der Waals surface area contributed by atoms with Crippen LogP contribution in [0.4, 0.5) is 0 Å². The van der Waals surface area contributed by atoms with Gasteiger partial charge in [0.25, 0.3) is 10.0 Å². The molecule has 0 aromatic carbocycles. The molecule has 1 saturated carbocycles. The van der Waals surface area contributed by atoms with E-state index in [2.05, 4.69) is 9.71 Å². The van der Waals surface area contributed by atoms with Crippen molar-refractivity contribution in [2.45, 2.75) is 36.3 Å². The van der Waals surface area contributed by atoms with E-state index in [0.717, 1.165) is 30.7 Å². The third-order valence-corrected chi connectivity index (χ3v) is 5.79. The fourth-order valence-corrected chi connectivity index (χ4v) is 4.80. The number of aromatic nitrogens is 1. The summed E-state index contributed by atoms with van der Waals surface area (Å²) in [6.07, 6.45) is 6.63. The highest BCUT2D eigenvalue weighted by Crippen LogP contribution is 2.40. The molecule has 1 aliphatic carbocycles. The molecule has 2 aromatic rings. The van der Waals surface area contributed by atoms with E-state index in [1.54, 1.807) is 12.3 Å². The van der Waals surface area contributed by atoms with Crippen LogP contribution < -0.4 is 4.72 Å². The summed E-state index contributed by atoms with van der Waals surface area (Å²) in [5.74, 6) is 0. The minimum absolute atomic E-state index is 0.0460. The van der Waals surface area contributed by atoms with Crippen LogP contribution in [-0.2, 0) is 15.6 Å². The van der Waals surface area contributed by atoms with Crippen molar-refractivity contribution in [3.63, 3.8) is 0 Å². The first-order chi connectivity index (χ1) is 9.12. The first-order valence-corrected chi connectivity index (χ1v) is 8.46. The number of rotatable bonds is 4. The van der Waals surface area contributed by atoms with E-state index in [1.165, 1.54) is 23.7 Å². The fraction of sp³-hybridized carbons (Fsp3) is 0.417. The van der Waals surface area contributed by atoms with Gasteiger partial charge in [-0.25, -0.2) is 13.4 Å². The number of hydrogen-bond acceptors (Lipinski definition) is 5. The van der Waals surface area contributed by atoms with Gasteiger partial charge < -0.3 is 4.42 Å². The first kappa shape index (κ1) is 12.8. The van der Waals surface area contributed by atoms with Crippen LogP contribution in [0.1, 0.15) is 30.7 Å². The Labute approximate surface area is 115 Å². The molecule has 7 heteroatoms. The van der Waals surface area contributed by atoms with Gasteiger partial charge in [0, 0.05) is 11.6 Å². The van der Waals surface area contributed by atoms with Crippen LogP contribution >= 0.6 is 11.3 Å². The minimum Gasteiger partial charge on any atom is -0.452 e. The summed E-state index contributed by atoms with van der Waals surface area (Å²) in [4.78, 5) is 4.30. The van der Waals surface area contributed by atoms with Gasteiger partial charge in [-0.15, -0.1) is 11.3 Å². The fourth-order valence-electron chi connectivity index (χ4n) is 2.52. The average molecular weight is 298 g/mol. The number of thiazole rings is 1. The van der Waals surface area contributed by atoms with Crippen molar-refractivity contribution in [3.8, 4) is 0 Å². The molecule has 102 valence electrons. The Morgan fingerprint density at radius 3 is 2.74 bits per heavy atom. The van der Waals surface area contributed by atoms with Crippen molar-refractivity contribution >= 4 is 21.4 Å². The van der Waals surface area contributed by atoms with Gasteiger partial charge in [0.1, 0.15) is 5.01 Å². The normalized spacial score (nSPS) is 18.7. The van der Waals surface area contributed by atoms with Crippen LogP contribution in [0.3, 0.4) is 0 Å². The van der Waals surface area contributed by atoms with Crippen LogP contribution in [-0.4, -0.2) is 13.4 Å². The maximum Gasteiger partial charge on any atom is 0.274 e. The van der Waals surface area contributed by atoms with Crippen molar-refractivity contribution in [1.29, 1.82) is 0 Å². The summed E-state index contributed by atoms with van der Waals surface area (Å²) in [6.45, 7) is 0. The van der Waals surface area contributed by atoms with Crippen molar-refractivity contribution in [2.24, 2.45) is 0 Å². The molecule has 0 atom stereocenters. The average Bonchev–Trinajstić information content (AvgIpc) is 3.12. The van der Waals surface area contributed by atoms with E-state index >= 15 is 0 Å². The smallest absolute Gasteiger partial charge is 0.274 e. The van der Waals surface area contributed by atoms with Gasteiger partial charge in [-0.2, -0.15) is 4.72 Å². The van der Waals surface area contributed by atoms with Gasteiger partial charge in [0.2, 0.25) is 5.09 Å². The lowest BCUT2D eigenvalue weighted by molar-refractivity contribution is 0.386. The lowest BCUT2D eigenvalue weighted by atomic mass is 10.0. The Morgan fingerprint density at radius 1 is 1.37 bits per heavy atom. The zero-order valence-corrected chi connectivity index (χ0v) is 11.8. The van der Waals surface area contributed by atoms with Crippen LogP contribution in [0.25, 0.3) is 0 Å². The highest BCUT2D eigenvalue weighted by molar-refractivity contribution is 7.89. The first-order valence-electron chi connectivity index (χ1n) is 6.10. The van der Waals surface area contributed by atoms with E-state index in [1.807, 2.05) is 5.38 Å². The van der Waals surface area contributed by atoms with Crippen molar-refractivity contribution in [2.75, 3.05) is 0 Å². The van der Waals surface area contributed by atoms with Crippen LogP contribution in [0.15, 0.2) is 39.5 Å². The zero-order valence-electron chi connectivity index (χ0n) is 10.2. The van der Waals surface area contributed by atoms with Gasteiger partial charge in [0.05, 0.1) is 11.8 Å². The predicted molar refractivity (Wildman–Crippen MR) is 71.3 cm³/mol. The molecule has 1 fully saturated rings. The van der Waals surface area contributed by atoms with Crippen molar-refractivity contribution in [3.05, 3.63) is 35.0 Å². The van der Waals surface area contributed by atoms with Gasteiger partial charge in [-0.3, -0.25) is 0 Å². The lowest BCUT2D eigenvalue weighted by Gasteiger charge is -2.27. The second kappa shape index (κ2) is 4.73. The SMILES string of the molecule is O=S(=O)(NC1(c2nccs2)CCCC1)c1ccco1. The second-order valence-electron chi connectivity index (χ2n) is 4.66. The number of sulfonamides is 1. The molecule has 0 bridgehead atoms. The maximum absolute atomic E-state index is 12.3. The maximum atomic E-state index is 12.3. The molecule has 2 aromatic heterocycles. The molecule has 3 rings (SSSR count). The Hall–Kier alpha value is -1.18. The van der Waals surface area contributed by atoms with E-state index in [-0.39, 0.29) is 5.09 Å². The highest BCUT2D eigenvalue weighted by Gasteiger charge is 2.42. The van der Waals surface area contributed by atoms with Gasteiger partial charge >= 0.3 is 0 Å². The topological polar surface area (TPSA) is 72.2 Å². The summed E-state index contributed by atoms with van der Waals surface area (Å²) < 4.78 is 32.4. The molecule has 1 aliphatic rings. The quantitative estimate of drug-likeness (QED) is 0.941. The summed E-state index contributed by atoms with van der Waals surface area (Å²) in [7, 11) is -3.63. The predicted octanol–water partition coefficient (Wildman–Crippen LogP) is 2.48. The minimum atomic E-state index is -3.63. The third-order valence-electron chi connectivity index (χ3n) is 3.39. The Balaban J connectivity index is 1.96. The number of nitrogens with one attached hydrogen (secondary N) is 1. The molecule has 0 saturated heterocycles. The highest BCUT2D eigenvalue weighted by atomic mass is 32.2. The molecule has 19 heavy (non-hydrogen) atoms. The Kier molecular flexibility index (Phi) is 3.20. The van der Waals surface area contributed by atoms with Crippen molar-refractivity contribution in [1.82, 2.24) is 9.71 Å². The zero-order chi connectivity index (χ0) is 13.3. The molecular weight excluding hydrogens is 284 g/mol. The molecule has 0 amide bonds. The number of nitrogens with zero attached hydrogens (tertiary/aromatic N) is 1. The van der Waals surface area contributed by atoms with E-state index in [9.17, 15) is 8.42 Å². The van der Waals surface area contributed by atoms with Gasteiger partial charge in [0.15, 0.2) is 0 Å². The molecule has 0 aliphatic heterocycles. The second-order valence-corrected chi connectivity index (χ2v) is 7.17. The van der Waals surface area contributed by atoms with E-state index < -0.39 is 15.6 Å². The molecule has 0 unspecified atom stereocenters. The van der Waals surface area contributed by atoms with Crippen LogP contribution in [0, 0.1) is 0 Å². The Bertz CT molecular complexity index is 627. The van der Waals surface area contributed by atoms with E-state index in [0.29, 0.717) is 0 Å². The molecule has 0 radical (unpaired) electrons. The number of furan rings is 1. The molecule has 5 nitrogen and oxygen atoms in total. The summed E-state index contributed by atoms with van der Waals surface area (Å²) in [6, 6.07) is 3.02. The van der Waals surface area contributed by atoms with Gasteiger partial charge in [-0.1, -0.05) is 12.8 Å². The van der Waals surface area contributed by atoms with Crippen LogP contribution in [0.2, 0.25) is 0 Å². The van der Waals surface area contributed by atoms with E-state index in [4.69, 9.17) is 4.42 Å². The summed E-state index contributed by atoms with van der Waals surface area (Å²) in [5.41, 5.74) is -0.570. The molecule has 1 N–H and O–H groups in total. The van der Waals surface area contributed by atoms with Crippen molar-refractivity contribution < 1.29 is 12.8 Å². The monoisotopic (exact) mass is 298 g/mol. The van der Waals surface area contributed by atoms with Gasteiger partial charge in [-0.05, 0) is 25.0 Å². The van der Waals surface area contributed by atoms with Crippen LogP contribution in [0.5, 0.6) is 0 Å². The lowest BCUT2D eigenvalue weighted by Crippen LogP contribution is -2.43. The third kappa shape index (κ3) is 2.33. The summed E-state index contributed by atoms with van der Waals surface area (Å²) in [5, 5.41) is 2.66. The molecular formula is C12H14N2O3S2. The Morgan fingerprint density at radius 2 is 2.16 bits per heavy atom. The summed E-state index contributed by atoms with van der Waals surface area (Å²) >= 11 is 1.49. The molecule has 0 spiro atoms. The standard InChI is InChI=1S/C12H14N2O3S2/c15-19(16,10-4-3-8-17-10)14-12(5-1-2-6-12)11-13-7-9-18-11/h3-4,7-9,14H,1-2,5-6H2. The largest absolute Gasteiger partial charge is 0.452 e. The number of hydrogen-bond donors (Lipinski definition) is 1.